The van der Waals surface area contributed by atoms with Gasteiger partial charge in [0.2, 0.25) is 11.8 Å². The van der Waals surface area contributed by atoms with Gasteiger partial charge in [0.15, 0.2) is 0 Å². The van der Waals surface area contributed by atoms with Crippen molar-refractivity contribution in [2.24, 2.45) is 11.8 Å². The second kappa shape index (κ2) is 8.64. The molecule has 0 aromatic carbocycles. The minimum absolute atomic E-state index is 0.146. The predicted octanol–water partition coefficient (Wildman–Crippen LogP) is 1.30. The van der Waals surface area contributed by atoms with Crippen LogP contribution in [-0.2, 0) is 14.4 Å². The number of carbonyl (C=O) groups excluding carboxylic acids is 2. The molecule has 1 aliphatic rings. The standard InChI is InChI=1S/C15H26N2O4/c1-10(2)8-12(15(20)21)17-14(19)9-16-13(18)7-6-11-4-3-5-11/h10-12H,3-9H2,1-2H3,(H,16,18)(H,17,19)(H,20,21)/t12-/m0/s1. The van der Waals surface area contributed by atoms with E-state index in [1.165, 1.54) is 19.3 Å². The number of hydrogen-bond donors (Lipinski definition) is 3. The Morgan fingerprint density at radius 3 is 2.33 bits per heavy atom. The van der Waals surface area contributed by atoms with Crippen molar-refractivity contribution in [3.8, 4) is 0 Å². The summed E-state index contributed by atoms with van der Waals surface area (Å²) in [5.74, 6) is -0.823. The Kier molecular flexibility index (Phi) is 7.19. The summed E-state index contributed by atoms with van der Waals surface area (Å²) in [4.78, 5) is 34.3. The number of amides is 2. The van der Waals surface area contributed by atoms with Crippen LogP contribution in [0.15, 0.2) is 0 Å². The van der Waals surface area contributed by atoms with Crippen molar-refractivity contribution in [3.05, 3.63) is 0 Å². The average molecular weight is 298 g/mol. The minimum atomic E-state index is -1.05. The van der Waals surface area contributed by atoms with Gasteiger partial charge in [-0.1, -0.05) is 33.1 Å². The molecule has 2 amide bonds. The Balaban J connectivity index is 2.21. The molecule has 0 spiro atoms. The molecule has 0 radical (unpaired) electrons. The molecule has 1 rings (SSSR count). The molecule has 0 aliphatic heterocycles. The van der Waals surface area contributed by atoms with Crippen molar-refractivity contribution in [2.75, 3.05) is 6.54 Å². The molecule has 0 heterocycles. The fraction of sp³-hybridized carbons (Fsp3) is 0.800. The van der Waals surface area contributed by atoms with Crippen LogP contribution in [0.4, 0.5) is 0 Å². The van der Waals surface area contributed by atoms with E-state index in [1.807, 2.05) is 13.8 Å². The first-order valence-corrected chi connectivity index (χ1v) is 7.67. The molecule has 1 aliphatic carbocycles. The fourth-order valence-corrected chi connectivity index (χ4v) is 2.32. The topological polar surface area (TPSA) is 95.5 Å². The SMILES string of the molecule is CC(C)C[C@H](NC(=O)CNC(=O)CCC1CCC1)C(=O)O. The first kappa shape index (κ1) is 17.5. The second-order valence-electron chi connectivity index (χ2n) is 6.20. The van der Waals surface area contributed by atoms with E-state index in [0.29, 0.717) is 18.8 Å². The molecule has 1 atom stereocenters. The first-order valence-electron chi connectivity index (χ1n) is 7.67. The van der Waals surface area contributed by atoms with Crippen molar-refractivity contribution in [3.63, 3.8) is 0 Å². The van der Waals surface area contributed by atoms with Gasteiger partial charge in [-0.15, -0.1) is 0 Å². The summed E-state index contributed by atoms with van der Waals surface area (Å²) in [5, 5.41) is 14.0. The van der Waals surface area contributed by atoms with Crippen LogP contribution in [0, 0.1) is 11.8 Å². The Bertz CT molecular complexity index is 378. The van der Waals surface area contributed by atoms with Gasteiger partial charge in [-0.25, -0.2) is 4.79 Å². The summed E-state index contributed by atoms with van der Waals surface area (Å²) in [6, 6.07) is -0.899. The van der Waals surface area contributed by atoms with Crippen LogP contribution >= 0.6 is 0 Å². The molecular weight excluding hydrogens is 272 g/mol. The molecule has 21 heavy (non-hydrogen) atoms. The van der Waals surface area contributed by atoms with Gasteiger partial charge >= 0.3 is 5.97 Å². The highest BCUT2D eigenvalue weighted by Crippen LogP contribution is 2.30. The second-order valence-corrected chi connectivity index (χ2v) is 6.20. The van der Waals surface area contributed by atoms with E-state index in [2.05, 4.69) is 10.6 Å². The molecule has 1 fully saturated rings. The zero-order valence-electron chi connectivity index (χ0n) is 12.9. The third kappa shape index (κ3) is 7.11. The van der Waals surface area contributed by atoms with E-state index < -0.39 is 17.9 Å². The Labute approximate surface area is 125 Å². The van der Waals surface area contributed by atoms with Gasteiger partial charge in [-0.2, -0.15) is 0 Å². The zero-order valence-corrected chi connectivity index (χ0v) is 12.9. The molecule has 1 saturated carbocycles. The molecule has 0 bridgehead atoms. The van der Waals surface area contributed by atoms with Crippen LogP contribution in [0.25, 0.3) is 0 Å². The molecule has 6 nitrogen and oxygen atoms in total. The largest absolute Gasteiger partial charge is 0.480 e. The maximum atomic E-state index is 11.7. The van der Waals surface area contributed by atoms with Crippen LogP contribution in [0.5, 0.6) is 0 Å². The van der Waals surface area contributed by atoms with Crippen LogP contribution in [0.3, 0.4) is 0 Å². The summed E-state index contributed by atoms with van der Waals surface area (Å²) < 4.78 is 0. The number of hydrogen-bond acceptors (Lipinski definition) is 3. The first-order chi connectivity index (χ1) is 9.88. The zero-order chi connectivity index (χ0) is 15.8. The smallest absolute Gasteiger partial charge is 0.326 e. The van der Waals surface area contributed by atoms with Crippen molar-refractivity contribution in [2.45, 2.75) is 58.4 Å². The molecule has 3 N–H and O–H groups in total. The van der Waals surface area contributed by atoms with Gasteiger partial charge in [0.25, 0.3) is 0 Å². The number of carboxylic acids is 1. The van der Waals surface area contributed by atoms with E-state index in [0.717, 1.165) is 6.42 Å². The highest BCUT2D eigenvalue weighted by Gasteiger charge is 2.21. The van der Waals surface area contributed by atoms with E-state index in [4.69, 9.17) is 5.11 Å². The Morgan fingerprint density at radius 2 is 1.86 bits per heavy atom. The third-order valence-corrected chi connectivity index (χ3v) is 3.79. The van der Waals surface area contributed by atoms with Crippen LogP contribution in [-0.4, -0.2) is 35.5 Å². The molecule has 120 valence electrons. The van der Waals surface area contributed by atoms with E-state index >= 15 is 0 Å². The van der Waals surface area contributed by atoms with E-state index in [-0.39, 0.29) is 18.4 Å². The quantitative estimate of drug-likeness (QED) is 0.598. The summed E-state index contributed by atoms with van der Waals surface area (Å²) in [6.45, 7) is 3.63. The summed E-state index contributed by atoms with van der Waals surface area (Å²) in [6.07, 6.45) is 5.33. The minimum Gasteiger partial charge on any atom is -0.480 e. The molecule has 0 unspecified atom stereocenters. The lowest BCUT2D eigenvalue weighted by Crippen LogP contribution is -2.46. The molecule has 0 aromatic rings. The maximum absolute atomic E-state index is 11.7. The predicted molar refractivity (Wildman–Crippen MR) is 78.6 cm³/mol. The van der Waals surface area contributed by atoms with Gasteiger partial charge in [-0.3, -0.25) is 9.59 Å². The van der Waals surface area contributed by atoms with Gasteiger partial charge in [0.05, 0.1) is 6.54 Å². The Hall–Kier alpha value is -1.59. The number of rotatable bonds is 9. The average Bonchev–Trinajstić information content (AvgIpc) is 2.33. The van der Waals surface area contributed by atoms with Crippen molar-refractivity contribution in [1.82, 2.24) is 10.6 Å². The fourth-order valence-electron chi connectivity index (χ4n) is 2.32. The number of nitrogens with one attached hydrogen (secondary N) is 2. The van der Waals surface area contributed by atoms with Crippen molar-refractivity contribution in [1.29, 1.82) is 0 Å². The van der Waals surface area contributed by atoms with E-state index in [9.17, 15) is 14.4 Å². The van der Waals surface area contributed by atoms with Gasteiger partial charge in [0, 0.05) is 6.42 Å². The third-order valence-electron chi connectivity index (χ3n) is 3.79. The van der Waals surface area contributed by atoms with Crippen molar-refractivity contribution < 1.29 is 19.5 Å². The van der Waals surface area contributed by atoms with Crippen LogP contribution < -0.4 is 10.6 Å². The summed E-state index contributed by atoms with van der Waals surface area (Å²) in [7, 11) is 0. The van der Waals surface area contributed by atoms with E-state index in [1.54, 1.807) is 0 Å². The molecular formula is C15H26N2O4. The molecule has 0 aromatic heterocycles. The van der Waals surface area contributed by atoms with Crippen molar-refractivity contribution >= 4 is 17.8 Å². The lowest BCUT2D eigenvalue weighted by atomic mass is 9.82. The van der Waals surface area contributed by atoms with Crippen LogP contribution in [0.1, 0.15) is 52.4 Å². The van der Waals surface area contributed by atoms with Gasteiger partial charge < -0.3 is 15.7 Å². The maximum Gasteiger partial charge on any atom is 0.326 e. The number of carbonyl (C=O) groups is 3. The van der Waals surface area contributed by atoms with Crippen LogP contribution in [0.2, 0.25) is 0 Å². The highest BCUT2D eigenvalue weighted by atomic mass is 16.4. The Morgan fingerprint density at radius 1 is 1.19 bits per heavy atom. The van der Waals surface area contributed by atoms with Gasteiger partial charge in [0.1, 0.15) is 6.04 Å². The number of aliphatic carboxylic acids is 1. The monoisotopic (exact) mass is 298 g/mol. The lowest BCUT2D eigenvalue weighted by Gasteiger charge is -2.24. The lowest BCUT2D eigenvalue weighted by molar-refractivity contribution is -0.142. The molecule has 6 heteroatoms. The number of carboxylic acid groups (broad SMARTS) is 1. The summed E-state index contributed by atoms with van der Waals surface area (Å²) in [5.41, 5.74) is 0. The van der Waals surface area contributed by atoms with Gasteiger partial charge in [-0.05, 0) is 24.7 Å². The normalized spacial score (nSPS) is 16.1. The summed E-state index contributed by atoms with van der Waals surface area (Å²) >= 11 is 0. The highest BCUT2D eigenvalue weighted by molar-refractivity contribution is 5.87. The molecule has 0 saturated heterocycles.